The van der Waals surface area contributed by atoms with Crippen molar-refractivity contribution in [3.05, 3.63) is 64.7 Å². The summed E-state index contributed by atoms with van der Waals surface area (Å²) in [4.78, 5) is 31.5. The average Bonchev–Trinajstić information content (AvgIpc) is 2.81. The summed E-state index contributed by atoms with van der Waals surface area (Å²) in [5, 5.41) is 0.497. The Morgan fingerprint density at radius 1 is 1.18 bits per heavy atom. The second-order valence-corrected chi connectivity index (χ2v) is 10.7. The normalized spacial score (nSPS) is 17.1. The van der Waals surface area contributed by atoms with Crippen molar-refractivity contribution in [1.82, 2.24) is 13.9 Å². The largest absolute Gasteiger partial charge is 0.348 e. The van der Waals surface area contributed by atoms with Gasteiger partial charge in [-0.25, -0.2) is 18.2 Å². The van der Waals surface area contributed by atoms with E-state index in [1.54, 1.807) is 15.3 Å². The Balaban J connectivity index is 1.68. The molecule has 9 heteroatoms. The van der Waals surface area contributed by atoms with Gasteiger partial charge in [0.2, 0.25) is 15.9 Å². The van der Waals surface area contributed by atoms with Crippen LogP contribution in [0.2, 0.25) is 0 Å². The summed E-state index contributed by atoms with van der Waals surface area (Å²) in [5.74, 6) is -0.247. The van der Waals surface area contributed by atoms with E-state index < -0.39 is 15.7 Å². The van der Waals surface area contributed by atoms with Gasteiger partial charge in [0, 0.05) is 36.4 Å². The molecule has 3 aromatic rings. The number of amides is 1. The maximum Gasteiger partial charge on any atom is 0.348 e. The Labute approximate surface area is 199 Å². The molecule has 2 heterocycles. The minimum Gasteiger partial charge on any atom is -0.311 e. The van der Waals surface area contributed by atoms with E-state index in [4.69, 9.17) is 0 Å². The van der Waals surface area contributed by atoms with Gasteiger partial charge in [0.25, 0.3) is 0 Å². The lowest BCUT2D eigenvalue weighted by molar-refractivity contribution is -0.119. The Bertz CT molecular complexity index is 1380. The van der Waals surface area contributed by atoms with Gasteiger partial charge in [0.1, 0.15) is 6.54 Å². The highest BCUT2D eigenvalue weighted by molar-refractivity contribution is 7.89. The van der Waals surface area contributed by atoms with E-state index in [1.165, 1.54) is 22.9 Å². The van der Waals surface area contributed by atoms with Crippen LogP contribution in [0.5, 0.6) is 0 Å². The van der Waals surface area contributed by atoms with Gasteiger partial charge in [-0.05, 0) is 69.5 Å². The van der Waals surface area contributed by atoms with Gasteiger partial charge < -0.3 is 4.90 Å². The summed E-state index contributed by atoms with van der Waals surface area (Å²) in [6.45, 7) is 6.52. The molecule has 34 heavy (non-hydrogen) atoms. The molecule has 1 unspecified atom stereocenters. The molecular formula is C25H30N4O4S. The van der Waals surface area contributed by atoms with Crippen molar-refractivity contribution in [3.63, 3.8) is 0 Å². The average molecular weight is 483 g/mol. The van der Waals surface area contributed by atoms with Gasteiger partial charge >= 0.3 is 5.69 Å². The molecule has 1 aliphatic rings. The molecule has 1 atom stereocenters. The number of benzene rings is 2. The predicted molar refractivity (Wildman–Crippen MR) is 132 cm³/mol. The molecule has 0 saturated carbocycles. The van der Waals surface area contributed by atoms with E-state index in [-0.39, 0.29) is 23.4 Å². The van der Waals surface area contributed by atoms with Crippen molar-refractivity contribution in [2.24, 2.45) is 0 Å². The Hall–Kier alpha value is -3.04. The van der Waals surface area contributed by atoms with Crippen LogP contribution in [0.25, 0.3) is 10.9 Å². The van der Waals surface area contributed by atoms with E-state index in [0.717, 1.165) is 30.5 Å². The minimum absolute atomic E-state index is 0.0548. The zero-order valence-electron chi connectivity index (χ0n) is 19.8. The number of carbonyl (C=O) groups excluding carboxylic acids is 1. The van der Waals surface area contributed by atoms with Crippen LogP contribution in [-0.4, -0.2) is 47.3 Å². The topological polar surface area (TPSA) is 92.6 Å². The number of fused-ring (bicyclic) bond motifs is 1. The summed E-state index contributed by atoms with van der Waals surface area (Å²) in [6.07, 6.45) is 4.07. The zero-order chi connectivity index (χ0) is 24.5. The number of carbonyl (C=O) groups is 1. The summed E-state index contributed by atoms with van der Waals surface area (Å²) in [6, 6.07) is 12.2. The molecule has 0 spiro atoms. The van der Waals surface area contributed by atoms with Crippen molar-refractivity contribution in [2.45, 2.75) is 57.5 Å². The molecule has 1 aliphatic heterocycles. The molecule has 1 aromatic heterocycles. The monoisotopic (exact) mass is 482 g/mol. The summed E-state index contributed by atoms with van der Waals surface area (Å²) in [5.41, 5.74) is 1.71. The van der Waals surface area contributed by atoms with E-state index in [0.29, 0.717) is 24.0 Å². The number of nitrogens with zero attached hydrogens (tertiary/aromatic N) is 4. The second-order valence-electron chi connectivity index (χ2n) is 8.79. The number of rotatable bonds is 6. The molecule has 0 aliphatic carbocycles. The maximum atomic E-state index is 13.3. The number of hydrogen-bond acceptors (Lipinski definition) is 5. The third kappa shape index (κ3) is 4.63. The standard InChI is InChI=1S/C25H30N4O4S/c1-4-27(21-10-7-8-18(2)14-21)24(30)17-28-23-12-11-22(15-20(23)16-26-25(28)31)34(32,33)29-13-6-5-9-19(29)3/h7-8,10-12,14-16,19H,4-6,9,13,17H2,1-3H3. The first-order valence-electron chi connectivity index (χ1n) is 11.6. The molecular weight excluding hydrogens is 452 g/mol. The molecule has 1 amide bonds. The molecule has 1 fully saturated rings. The summed E-state index contributed by atoms with van der Waals surface area (Å²) >= 11 is 0. The first-order valence-corrected chi connectivity index (χ1v) is 13.0. The quantitative estimate of drug-likeness (QED) is 0.537. The van der Waals surface area contributed by atoms with Crippen LogP contribution in [0.15, 0.2) is 58.4 Å². The predicted octanol–water partition coefficient (Wildman–Crippen LogP) is 3.32. The number of likely N-dealkylation sites (N-methyl/N-ethyl adjacent to an activating group) is 1. The second kappa shape index (κ2) is 9.68. The SMILES string of the molecule is CCN(C(=O)Cn1c(=O)ncc2cc(S(=O)(=O)N3CCCCC3C)ccc21)c1cccc(C)c1. The van der Waals surface area contributed by atoms with E-state index >= 15 is 0 Å². The van der Waals surface area contributed by atoms with E-state index in [1.807, 2.05) is 45.0 Å². The summed E-state index contributed by atoms with van der Waals surface area (Å²) < 4.78 is 29.4. The van der Waals surface area contributed by atoms with Crippen molar-refractivity contribution >= 4 is 32.5 Å². The number of hydrogen-bond donors (Lipinski definition) is 0. The molecule has 180 valence electrons. The van der Waals surface area contributed by atoms with Gasteiger partial charge in [-0.3, -0.25) is 9.36 Å². The first kappa shape index (κ1) is 24.1. The molecule has 8 nitrogen and oxygen atoms in total. The molecule has 4 rings (SSSR count). The lowest BCUT2D eigenvalue weighted by Gasteiger charge is -2.32. The molecule has 0 N–H and O–H groups in total. The van der Waals surface area contributed by atoms with Crippen LogP contribution in [0, 0.1) is 6.92 Å². The van der Waals surface area contributed by atoms with Gasteiger partial charge in [-0.1, -0.05) is 18.6 Å². The lowest BCUT2D eigenvalue weighted by Crippen LogP contribution is -2.41. The zero-order valence-corrected chi connectivity index (χ0v) is 20.6. The highest BCUT2D eigenvalue weighted by Crippen LogP contribution is 2.27. The maximum absolute atomic E-state index is 13.3. The fraction of sp³-hybridized carbons (Fsp3) is 0.400. The molecule has 2 aromatic carbocycles. The van der Waals surface area contributed by atoms with Crippen molar-refractivity contribution in [3.8, 4) is 0 Å². The highest BCUT2D eigenvalue weighted by atomic mass is 32.2. The molecule has 0 bridgehead atoms. The van der Waals surface area contributed by atoms with Crippen LogP contribution in [-0.2, 0) is 21.4 Å². The van der Waals surface area contributed by atoms with Crippen LogP contribution < -0.4 is 10.6 Å². The highest BCUT2D eigenvalue weighted by Gasteiger charge is 2.31. The minimum atomic E-state index is -3.66. The fourth-order valence-corrected chi connectivity index (χ4v) is 6.31. The van der Waals surface area contributed by atoms with Crippen LogP contribution in [0.1, 0.15) is 38.7 Å². The number of anilines is 1. The van der Waals surface area contributed by atoms with Gasteiger partial charge in [0.05, 0.1) is 10.4 Å². The Morgan fingerprint density at radius 3 is 2.68 bits per heavy atom. The van der Waals surface area contributed by atoms with Crippen molar-refractivity contribution in [2.75, 3.05) is 18.0 Å². The smallest absolute Gasteiger partial charge is 0.311 e. The number of aromatic nitrogens is 2. The van der Waals surface area contributed by atoms with Crippen molar-refractivity contribution in [1.29, 1.82) is 0 Å². The lowest BCUT2D eigenvalue weighted by atomic mass is 10.1. The molecule has 0 radical (unpaired) electrons. The number of sulfonamides is 1. The number of piperidine rings is 1. The third-order valence-electron chi connectivity index (χ3n) is 6.41. The Morgan fingerprint density at radius 2 is 1.97 bits per heavy atom. The van der Waals surface area contributed by atoms with Crippen LogP contribution in [0.4, 0.5) is 5.69 Å². The van der Waals surface area contributed by atoms with Crippen molar-refractivity contribution < 1.29 is 13.2 Å². The van der Waals surface area contributed by atoms with Gasteiger partial charge in [0.15, 0.2) is 0 Å². The third-order valence-corrected chi connectivity index (χ3v) is 8.42. The fourth-order valence-electron chi connectivity index (χ4n) is 4.58. The number of aryl methyl sites for hydroxylation is 1. The van der Waals surface area contributed by atoms with E-state index in [9.17, 15) is 18.0 Å². The first-order chi connectivity index (χ1) is 16.2. The van der Waals surface area contributed by atoms with Gasteiger partial charge in [-0.2, -0.15) is 4.31 Å². The van der Waals surface area contributed by atoms with Crippen LogP contribution in [0.3, 0.4) is 0 Å². The van der Waals surface area contributed by atoms with Crippen LogP contribution >= 0.6 is 0 Å². The van der Waals surface area contributed by atoms with E-state index in [2.05, 4.69) is 4.98 Å². The summed E-state index contributed by atoms with van der Waals surface area (Å²) in [7, 11) is -3.66. The van der Waals surface area contributed by atoms with Gasteiger partial charge in [-0.15, -0.1) is 0 Å². The Kier molecular flexibility index (Phi) is 6.86. The molecule has 1 saturated heterocycles.